The summed E-state index contributed by atoms with van der Waals surface area (Å²) in [4.78, 5) is 26.0. The van der Waals surface area contributed by atoms with E-state index in [4.69, 9.17) is 11.6 Å². The zero-order valence-electron chi connectivity index (χ0n) is 18.3. The van der Waals surface area contributed by atoms with Gasteiger partial charge in [-0.3, -0.25) is 4.79 Å². The highest BCUT2D eigenvalue weighted by molar-refractivity contribution is 14.0. The van der Waals surface area contributed by atoms with Gasteiger partial charge >= 0.3 is 0 Å². The number of aliphatic imine (C=N–C) groups is 1. The van der Waals surface area contributed by atoms with E-state index in [1.54, 1.807) is 6.20 Å². The predicted octanol–water partition coefficient (Wildman–Crippen LogP) is 3.47. The van der Waals surface area contributed by atoms with Crippen LogP contribution in [0.4, 0.5) is 11.5 Å². The van der Waals surface area contributed by atoms with Crippen LogP contribution in [0.5, 0.6) is 0 Å². The van der Waals surface area contributed by atoms with Gasteiger partial charge in [0.15, 0.2) is 5.96 Å². The molecule has 2 aromatic rings. The van der Waals surface area contributed by atoms with Gasteiger partial charge in [0.25, 0.3) is 0 Å². The number of nitrogens with zero attached hydrogens (tertiary/aromatic N) is 4. The number of aryl methyl sites for hydroxylation is 1. The molecule has 1 saturated heterocycles. The second-order valence-electron chi connectivity index (χ2n) is 7.86. The third-order valence-electron chi connectivity index (χ3n) is 5.70. The first kappa shape index (κ1) is 24.6. The number of pyridine rings is 1. The molecular formula is C23H30ClIN6O. The van der Waals surface area contributed by atoms with Crippen LogP contribution in [-0.2, 0) is 11.2 Å². The highest BCUT2D eigenvalue weighted by Gasteiger charge is 2.26. The van der Waals surface area contributed by atoms with Crippen molar-refractivity contribution in [3.63, 3.8) is 0 Å². The van der Waals surface area contributed by atoms with Crippen molar-refractivity contribution >= 4 is 58.9 Å². The molecule has 1 aromatic heterocycles. The highest BCUT2D eigenvalue weighted by Crippen LogP contribution is 2.27. The molecule has 4 rings (SSSR count). The molecule has 0 radical (unpaired) electrons. The number of carbonyl (C=O) groups excluding carboxylic acids is 1. The lowest BCUT2D eigenvalue weighted by molar-refractivity contribution is -0.117. The van der Waals surface area contributed by atoms with Gasteiger partial charge in [0.05, 0.1) is 5.02 Å². The number of hydrogen-bond donors (Lipinski definition) is 2. The summed E-state index contributed by atoms with van der Waals surface area (Å²) in [6, 6.07) is 12.0. The average Bonchev–Trinajstić information content (AvgIpc) is 3.25. The van der Waals surface area contributed by atoms with Crippen molar-refractivity contribution < 1.29 is 4.79 Å². The molecular weight excluding hydrogens is 539 g/mol. The summed E-state index contributed by atoms with van der Waals surface area (Å²) in [6.07, 6.45) is 4.72. The average molecular weight is 569 g/mol. The largest absolute Gasteiger partial charge is 0.357 e. The van der Waals surface area contributed by atoms with Crippen molar-refractivity contribution in [2.75, 3.05) is 42.5 Å². The lowest BCUT2D eigenvalue weighted by Gasteiger charge is -2.29. The standard InChI is InChI=1S/C23H29ClN6O.HI/c1-2-25-23(28-18-11-14-29(16-18)22-19(24)9-5-12-26-22)27-15-21(31)30-13-6-8-17-7-3-4-10-20(17)30;/h3-5,7,9-10,12,18H,2,6,8,11,13-16H2,1H3,(H2,25,27,28);1H. The first-order valence-electron chi connectivity index (χ1n) is 10.9. The summed E-state index contributed by atoms with van der Waals surface area (Å²) >= 11 is 6.30. The predicted molar refractivity (Wildman–Crippen MR) is 142 cm³/mol. The maximum atomic E-state index is 12.9. The first-order chi connectivity index (χ1) is 15.2. The molecule has 0 saturated carbocycles. The van der Waals surface area contributed by atoms with Gasteiger partial charge in [-0.1, -0.05) is 29.8 Å². The Bertz CT molecular complexity index is 956. The van der Waals surface area contributed by atoms with Gasteiger partial charge in [0.2, 0.25) is 5.91 Å². The van der Waals surface area contributed by atoms with Crippen LogP contribution in [0.3, 0.4) is 0 Å². The Hall–Kier alpha value is -2.07. The molecule has 0 spiro atoms. The number of guanidine groups is 1. The van der Waals surface area contributed by atoms with E-state index in [0.29, 0.717) is 11.0 Å². The monoisotopic (exact) mass is 568 g/mol. The number of benzene rings is 1. The summed E-state index contributed by atoms with van der Waals surface area (Å²) in [7, 11) is 0. The van der Waals surface area contributed by atoms with E-state index in [2.05, 4.69) is 31.6 Å². The van der Waals surface area contributed by atoms with Crippen LogP contribution in [0.15, 0.2) is 47.6 Å². The van der Waals surface area contributed by atoms with Crippen LogP contribution in [0.1, 0.15) is 25.3 Å². The number of nitrogens with one attached hydrogen (secondary N) is 2. The topological polar surface area (TPSA) is 72.9 Å². The van der Waals surface area contributed by atoms with Crippen LogP contribution >= 0.6 is 35.6 Å². The smallest absolute Gasteiger partial charge is 0.248 e. The maximum absolute atomic E-state index is 12.9. The number of amides is 1. The van der Waals surface area contributed by atoms with Crippen molar-refractivity contribution in [1.82, 2.24) is 15.6 Å². The number of para-hydroxylation sites is 1. The van der Waals surface area contributed by atoms with E-state index < -0.39 is 0 Å². The molecule has 0 bridgehead atoms. The van der Waals surface area contributed by atoms with E-state index in [1.165, 1.54) is 5.56 Å². The van der Waals surface area contributed by atoms with Gasteiger partial charge in [-0.15, -0.1) is 24.0 Å². The molecule has 172 valence electrons. The summed E-state index contributed by atoms with van der Waals surface area (Å²) in [5.74, 6) is 1.51. The van der Waals surface area contributed by atoms with Crippen molar-refractivity contribution in [2.45, 2.75) is 32.2 Å². The van der Waals surface area contributed by atoms with Crippen molar-refractivity contribution in [2.24, 2.45) is 4.99 Å². The van der Waals surface area contributed by atoms with Crippen LogP contribution in [0, 0.1) is 0 Å². The Morgan fingerprint density at radius 2 is 2.09 bits per heavy atom. The van der Waals surface area contributed by atoms with Crippen molar-refractivity contribution in [1.29, 1.82) is 0 Å². The van der Waals surface area contributed by atoms with E-state index in [-0.39, 0.29) is 42.5 Å². The minimum Gasteiger partial charge on any atom is -0.357 e. The van der Waals surface area contributed by atoms with E-state index in [0.717, 1.165) is 56.9 Å². The van der Waals surface area contributed by atoms with E-state index in [9.17, 15) is 4.79 Å². The van der Waals surface area contributed by atoms with Crippen LogP contribution < -0.4 is 20.4 Å². The van der Waals surface area contributed by atoms with E-state index in [1.807, 2.05) is 42.2 Å². The number of rotatable bonds is 5. The molecule has 2 aliphatic rings. The van der Waals surface area contributed by atoms with Gasteiger partial charge in [-0.05, 0) is 49.9 Å². The lowest BCUT2D eigenvalue weighted by Crippen LogP contribution is -2.45. The maximum Gasteiger partial charge on any atom is 0.248 e. The molecule has 1 atom stereocenters. The van der Waals surface area contributed by atoms with Gasteiger partial charge < -0.3 is 20.4 Å². The molecule has 32 heavy (non-hydrogen) atoms. The molecule has 1 amide bonds. The minimum atomic E-state index is 0. The molecule has 7 nitrogen and oxygen atoms in total. The van der Waals surface area contributed by atoms with Crippen LogP contribution in [-0.4, -0.2) is 55.6 Å². The van der Waals surface area contributed by atoms with Crippen molar-refractivity contribution in [3.05, 3.63) is 53.2 Å². The fraction of sp³-hybridized carbons (Fsp3) is 0.435. The Morgan fingerprint density at radius 1 is 1.25 bits per heavy atom. The molecule has 0 aliphatic carbocycles. The quantitative estimate of drug-likeness (QED) is 0.328. The molecule has 1 unspecified atom stereocenters. The third-order valence-corrected chi connectivity index (χ3v) is 5.99. The molecule has 2 aliphatic heterocycles. The molecule has 2 N–H and O–H groups in total. The summed E-state index contributed by atoms with van der Waals surface area (Å²) < 4.78 is 0. The molecule has 3 heterocycles. The van der Waals surface area contributed by atoms with Gasteiger partial charge in [-0.2, -0.15) is 0 Å². The summed E-state index contributed by atoms with van der Waals surface area (Å²) in [5, 5.41) is 7.39. The zero-order chi connectivity index (χ0) is 21.6. The second-order valence-corrected chi connectivity index (χ2v) is 8.26. The summed E-state index contributed by atoms with van der Waals surface area (Å²) in [5.41, 5.74) is 2.25. The Labute approximate surface area is 211 Å². The van der Waals surface area contributed by atoms with E-state index >= 15 is 0 Å². The normalized spacial score (nSPS) is 18.1. The van der Waals surface area contributed by atoms with Gasteiger partial charge in [0.1, 0.15) is 12.4 Å². The lowest BCUT2D eigenvalue weighted by atomic mass is 10.0. The summed E-state index contributed by atoms with van der Waals surface area (Å²) in [6.45, 7) is 5.28. The number of aromatic nitrogens is 1. The number of hydrogen-bond acceptors (Lipinski definition) is 4. The first-order valence-corrected chi connectivity index (χ1v) is 11.3. The second kappa shape index (κ2) is 11.7. The zero-order valence-corrected chi connectivity index (χ0v) is 21.3. The molecule has 1 aromatic carbocycles. The Kier molecular flexibility index (Phi) is 8.98. The highest BCUT2D eigenvalue weighted by atomic mass is 127. The van der Waals surface area contributed by atoms with Gasteiger partial charge in [-0.25, -0.2) is 9.98 Å². The SMILES string of the molecule is CCNC(=NCC(=O)N1CCCc2ccccc21)NC1CCN(c2ncccc2Cl)C1.I. The number of fused-ring (bicyclic) bond motifs is 1. The number of halogens is 2. The van der Waals surface area contributed by atoms with Crippen LogP contribution in [0.2, 0.25) is 5.02 Å². The number of anilines is 2. The molecule has 9 heteroatoms. The Morgan fingerprint density at radius 3 is 2.91 bits per heavy atom. The van der Waals surface area contributed by atoms with Crippen molar-refractivity contribution in [3.8, 4) is 0 Å². The number of carbonyl (C=O) groups is 1. The molecule has 1 fully saturated rings. The third kappa shape index (κ3) is 5.83. The van der Waals surface area contributed by atoms with Crippen LogP contribution in [0.25, 0.3) is 0 Å². The Balaban J connectivity index is 0.00000289. The fourth-order valence-electron chi connectivity index (χ4n) is 4.22. The fourth-order valence-corrected chi connectivity index (χ4v) is 4.46. The van der Waals surface area contributed by atoms with Gasteiger partial charge in [0, 0.05) is 44.1 Å². The minimum absolute atomic E-state index is 0.